The molecule has 2 rings (SSSR count). The van der Waals surface area contributed by atoms with Crippen LogP contribution in [-0.2, 0) is 11.2 Å². The molecule has 1 amide bonds. The Morgan fingerprint density at radius 2 is 2.05 bits per heavy atom. The number of nitrogens with one attached hydrogen (secondary N) is 2. The van der Waals surface area contributed by atoms with E-state index in [1.165, 1.54) is 10.9 Å². The van der Waals surface area contributed by atoms with Crippen molar-refractivity contribution in [3.63, 3.8) is 0 Å². The molecule has 0 radical (unpaired) electrons. The normalized spacial score (nSPS) is 13.1. The standard InChI is InChI=1S/C18H26N2O2/c1-5-8-14(20-17(21)22-18(2,3)4)11-13-12-19-16-10-7-6-9-15(13)16/h6-7,9-10,12,14,19H,5,8,11H2,1-4H3,(H,20,21). The number of ether oxygens (including phenoxy) is 1. The molecule has 4 heteroatoms. The molecule has 0 bridgehead atoms. The lowest BCUT2D eigenvalue weighted by Crippen LogP contribution is -2.40. The molecule has 1 atom stereocenters. The highest BCUT2D eigenvalue weighted by Gasteiger charge is 2.20. The third-order valence-corrected chi connectivity index (χ3v) is 3.50. The van der Waals surface area contributed by atoms with Crippen LogP contribution < -0.4 is 5.32 Å². The second-order valence-electron chi connectivity index (χ2n) is 6.70. The van der Waals surface area contributed by atoms with Gasteiger partial charge in [-0.2, -0.15) is 0 Å². The summed E-state index contributed by atoms with van der Waals surface area (Å²) in [6.07, 6.45) is 4.44. The van der Waals surface area contributed by atoms with Crippen molar-refractivity contribution in [2.75, 3.05) is 0 Å². The van der Waals surface area contributed by atoms with Crippen LogP contribution in [0.25, 0.3) is 10.9 Å². The highest BCUT2D eigenvalue weighted by Crippen LogP contribution is 2.20. The van der Waals surface area contributed by atoms with E-state index in [2.05, 4.69) is 29.4 Å². The number of alkyl carbamates (subject to hydrolysis) is 1. The number of para-hydroxylation sites is 1. The molecule has 0 aliphatic heterocycles. The van der Waals surface area contributed by atoms with E-state index in [0.717, 1.165) is 24.8 Å². The molecule has 0 fully saturated rings. The number of fused-ring (bicyclic) bond motifs is 1. The largest absolute Gasteiger partial charge is 0.444 e. The van der Waals surface area contributed by atoms with Gasteiger partial charge in [0.2, 0.25) is 0 Å². The van der Waals surface area contributed by atoms with E-state index in [-0.39, 0.29) is 12.1 Å². The summed E-state index contributed by atoms with van der Waals surface area (Å²) < 4.78 is 5.36. The van der Waals surface area contributed by atoms with E-state index in [1.54, 1.807) is 0 Å². The Morgan fingerprint density at radius 1 is 1.32 bits per heavy atom. The second kappa shape index (κ2) is 6.86. The summed E-state index contributed by atoms with van der Waals surface area (Å²) in [7, 11) is 0. The van der Waals surface area contributed by atoms with Crippen molar-refractivity contribution in [2.24, 2.45) is 0 Å². The first-order valence-electron chi connectivity index (χ1n) is 7.93. The molecule has 0 saturated heterocycles. The first-order valence-corrected chi connectivity index (χ1v) is 7.93. The van der Waals surface area contributed by atoms with Gasteiger partial charge in [-0.25, -0.2) is 4.79 Å². The van der Waals surface area contributed by atoms with Crippen molar-refractivity contribution in [2.45, 2.75) is 58.6 Å². The highest BCUT2D eigenvalue weighted by atomic mass is 16.6. The minimum atomic E-state index is -0.471. The predicted octanol–water partition coefficient (Wildman–Crippen LogP) is 4.40. The third kappa shape index (κ3) is 4.52. The molecule has 0 saturated carbocycles. The Hall–Kier alpha value is -1.97. The number of aromatic amines is 1. The van der Waals surface area contributed by atoms with Crippen molar-refractivity contribution in [1.29, 1.82) is 0 Å². The van der Waals surface area contributed by atoms with Crippen LogP contribution in [-0.4, -0.2) is 22.7 Å². The molecule has 0 spiro atoms. The summed E-state index contributed by atoms with van der Waals surface area (Å²) in [6, 6.07) is 8.31. The first kappa shape index (κ1) is 16.4. The monoisotopic (exact) mass is 302 g/mol. The maximum atomic E-state index is 12.0. The zero-order valence-electron chi connectivity index (χ0n) is 13.9. The number of carbonyl (C=O) groups is 1. The number of carbonyl (C=O) groups excluding carboxylic acids is 1. The Labute approximate surface area is 132 Å². The van der Waals surface area contributed by atoms with Gasteiger partial charge in [-0.15, -0.1) is 0 Å². The fraction of sp³-hybridized carbons (Fsp3) is 0.500. The maximum Gasteiger partial charge on any atom is 0.407 e. The minimum Gasteiger partial charge on any atom is -0.444 e. The van der Waals surface area contributed by atoms with E-state index in [1.807, 2.05) is 39.1 Å². The quantitative estimate of drug-likeness (QED) is 0.860. The van der Waals surface area contributed by atoms with Crippen LogP contribution in [0.3, 0.4) is 0 Å². The molecule has 22 heavy (non-hydrogen) atoms. The van der Waals surface area contributed by atoms with Crippen molar-refractivity contribution < 1.29 is 9.53 Å². The van der Waals surface area contributed by atoms with Gasteiger partial charge >= 0.3 is 6.09 Å². The van der Waals surface area contributed by atoms with Crippen LogP contribution in [0.1, 0.15) is 46.1 Å². The highest BCUT2D eigenvalue weighted by molar-refractivity contribution is 5.83. The molecule has 1 aromatic heterocycles. The van der Waals surface area contributed by atoms with Crippen LogP contribution in [0.15, 0.2) is 30.5 Å². The predicted molar refractivity (Wildman–Crippen MR) is 90.1 cm³/mol. The molecular formula is C18H26N2O2. The zero-order valence-corrected chi connectivity index (χ0v) is 13.9. The number of hydrogen-bond acceptors (Lipinski definition) is 2. The average molecular weight is 302 g/mol. The van der Waals surface area contributed by atoms with Gasteiger partial charge in [0.15, 0.2) is 0 Å². The number of H-pyrrole nitrogens is 1. The van der Waals surface area contributed by atoms with E-state index in [0.29, 0.717) is 0 Å². The minimum absolute atomic E-state index is 0.0825. The number of rotatable bonds is 5. The van der Waals surface area contributed by atoms with Crippen molar-refractivity contribution in [1.82, 2.24) is 10.3 Å². The van der Waals surface area contributed by atoms with Crippen molar-refractivity contribution in [3.05, 3.63) is 36.0 Å². The lowest BCUT2D eigenvalue weighted by Gasteiger charge is -2.23. The van der Waals surface area contributed by atoms with Crippen LogP contribution >= 0.6 is 0 Å². The van der Waals surface area contributed by atoms with E-state index < -0.39 is 5.60 Å². The van der Waals surface area contributed by atoms with Gasteiger partial charge in [-0.3, -0.25) is 0 Å². The van der Waals surface area contributed by atoms with Gasteiger partial charge in [0.25, 0.3) is 0 Å². The average Bonchev–Trinajstić information content (AvgIpc) is 2.80. The fourth-order valence-corrected chi connectivity index (χ4v) is 2.61. The fourth-order valence-electron chi connectivity index (χ4n) is 2.61. The Bertz CT molecular complexity index is 625. The molecular weight excluding hydrogens is 276 g/mol. The molecule has 1 aromatic carbocycles. The van der Waals surface area contributed by atoms with Crippen LogP contribution in [0.5, 0.6) is 0 Å². The van der Waals surface area contributed by atoms with Crippen LogP contribution in [0.4, 0.5) is 4.79 Å². The van der Waals surface area contributed by atoms with Gasteiger partial charge < -0.3 is 15.0 Å². The molecule has 0 aliphatic carbocycles. The lowest BCUT2D eigenvalue weighted by atomic mass is 10.0. The van der Waals surface area contributed by atoms with E-state index in [9.17, 15) is 4.79 Å². The Balaban J connectivity index is 2.07. The van der Waals surface area contributed by atoms with Gasteiger partial charge in [0.05, 0.1) is 0 Å². The van der Waals surface area contributed by atoms with Gasteiger partial charge in [-0.1, -0.05) is 31.5 Å². The third-order valence-electron chi connectivity index (χ3n) is 3.50. The van der Waals surface area contributed by atoms with Crippen LogP contribution in [0.2, 0.25) is 0 Å². The summed E-state index contributed by atoms with van der Waals surface area (Å²) in [4.78, 5) is 15.3. The number of benzene rings is 1. The number of amides is 1. The summed E-state index contributed by atoms with van der Waals surface area (Å²) in [5, 5.41) is 4.22. The van der Waals surface area contributed by atoms with Crippen molar-refractivity contribution in [3.8, 4) is 0 Å². The van der Waals surface area contributed by atoms with Crippen LogP contribution in [0, 0.1) is 0 Å². The topological polar surface area (TPSA) is 54.1 Å². The molecule has 1 heterocycles. The molecule has 1 unspecified atom stereocenters. The molecule has 2 N–H and O–H groups in total. The first-order chi connectivity index (χ1) is 10.4. The molecule has 0 aliphatic rings. The molecule has 2 aromatic rings. The van der Waals surface area contributed by atoms with E-state index in [4.69, 9.17) is 4.74 Å². The lowest BCUT2D eigenvalue weighted by molar-refractivity contribution is 0.0501. The summed E-state index contributed by atoms with van der Waals surface area (Å²) in [6.45, 7) is 7.75. The maximum absolute atomic E-state index is 12.0. The van der Waals surface area contributed by atoms with Gasteiger partial charge in [0.1, 0.15) is 5.60 Å². The smallest absolute Gasteiger partial charge is 0.407 e. The van der Waals surface area contributed by atoms with Gasteiger partial charge in [0, 0.05) is 23.1 Å². The summed E-state index contributed by atoms with van der Waals surface area (Å²) in [5.74, 6) is 0. The zero-order chi connectivity index (χ0) is 16.2. The van der Waals surface area contributed by atoms with Gasteiger partial charge in [-0.05, 0) is 45.2 Å². The number of hydrogen-bond donors (Lipinski definition) is 2. The van der Waals surface area contributed by atoms with Crippen molar-refractivity contribution >= 4 is 17.0 Å². The Morgan fingerprint density at radius 3 is 2.73 bits per heavy atom. The Kier molecular flexibility index (Phi) is 5.11. The second-order valence-corrected chi connectivity index (χ2v) is 6.70. The summed E-state index contributed by atoms with van der Waals surface area (Å²) >= 11 is 0. The number of aromatic nitrogens is 1. The summed E-state index contributed by atoms with van der Waals surface area (Å²) in [5.41, 5.74) is 1.89. The SMILES string of the molecule is CCCC(Cc1c[nH]c2ccccc12)NC(=O)OC(C)(C)C. The molecule has 120 valence electrons. The molecule has 4 nitrogen and oxygen atoms in total. The van der Waals surface area contributed by atoms with E-state index >= 15 is 0 Å².